The molecule has 1 aliphatic rings. The molecule has 0 amide bonds. The third-order valence-electron chi connectivity index (χ3n) is 3.46. The maximum atomic E-state index is 10.4. The number of carboxylic acids is 1. The number of anilines is 1. The van der Waals surface area contributed by atoms with Crippen LogP contribution in [0.15, 0.2) is 6.20 Å². The molecule has 0 saturated carbocycles. The second-order valence-electron chi connectivity index (χ2n) is 5.12. The highest BCUT2D eigenvalue weighted by Crippen LogP contribution is 2.22. The number of aliphatic carboxylic acids is 1. The van der Waals surface area contributed by atoms with Crippen LogP contribution >= 0.6 is 0 Å². The van der Waals surface area contributed by atoms with Gasteiger partial charge in [-0.15, -0.1) is 0 Å². The van der Waals surface area contributed by atoms with E-state index in [1.807, 2.05) is 13.8 Å². The van der Waals surface area contributed by atoms with Crippen LogP contribution in [0.1, 0.15) is 30.7 Å². The smallest absolute Gasteiger partial charge is 0.305 e. The summed E-state index contributed by atoms with van der Waals surface area (Å²) in [4.78, 5) is 21.6. The lowest BCUT2D eigenvalue weighted by Crippen LogP contribution is -2.38. The molecule has 1 aliphatic heterocycles. The minimum atomic E-state index is -0.812. The number of aromatic nitrogens is 2. The Bertz CT molecular complexity index is 471. The number of piperidine rings is 1. The van der Waals surface area contributed by atoms with E-state index in [9.17, 15) is 4.79 Å². The van der Waals surface area contributed by atoms with E-state index < -0.39 is 5.97 Å². The Morgan fingerprint density at radius 3 is 2.80 bits per heavy atom. The van der Waals surface area contributed by atoms with E-state index in [-0.39, 0.29) is 12.5 Å². The standard InChI is InChI=1S/C14H21N3O3/c1-10-9-15-11(2)14(16-10)17-6-3-12(4-7-17)20-8-5-13(18)19/h9,12H,3-8H2,1-2H3,(H,18,19). The molecule has 110 valence electrons. The molecule has 1 saturated heterocycles. The molecule has 0 aliphatic carbocycles. The zero-order valence-electron chi connectivity index (χ0n) is 12.0. The van der Waals surface area contributed by atoms with Crippen LogP contribution in [0.4, 0.5) is 5.82 Å². The predicted octanol–water partition coefficient (Wildman–Crippen LogP) is 1.55. The lowest BCUT2D eigenvalue weighted by molar-refractivity contribution is -0.138. The fourth-order valence-corrected chi connectivity index (χ4v) is 2.37. The second-order valence-corrected chi connectivity index (χ2v) is 5.12. The topological polar surface area (TPSA) is 75.6 Å². The number of hydrogen-bond acceptors (Lipinski definition) is 5. The highest BCUT2D eigenvalue weighted by molar-refractivity contribution is 5.66. The van der Waals surface area contributed by atoms with Gasteiger partial charge in [-0.05, 0) is 26.7 Å². The first-order chi connectivity index (χ1) is 9.56. The first-order valence-electron chi connectivity index (χ1n) is 6.95. The summed E-state index contributed by atoms with van der Waals surface area (Å²) < 4.78 is 5.59. The van der Waals surface area contributed by atoms with Gasteiger partial charge in [-0.3, -0.25) is 9.78 Å². The summed E-state index contributed by atoms with van der Waals surface area (Å²) in [7, 11) is 0. The summed E-state index contributed by atoms with van der Waals surface area (Å²) in [6, 6.07) is 0. The van der Waals surface area contributed by atoms with Gasteiger partial charge in [-0.2, -0.15) is 0 Å². The maximum absolute atomic E-state index is 10.4. The Labute approximate surface area is 118 Å². The van der Waals surface area contributed by atoms with Crippen LogP contribution < -0.4 is 4.90 Å². The van der Waals surface area contributed by atoms with Crippen molar-refractivity contribution in [3.63, 3.8) is 0 Å². The van der Waals surface area contributed by atoms with Gasteiger partial charge in [0.15, 0.2) is 0 Å². The van der Waals surface area contributed by atoms with Gasteiger partial charge in [0.25, 0.3) is 0 Å². The third-order valence-corrected chi connectivity index (χ3v) is 3.46. The predicted molar refractivity (Wildman–Crippen MR) is 74.9 cm³/mol. The Hall–Kier alpha value is -1.69. The van der Waals surface area contributed by atoms with Crippen molar-refractivity contribution in [2.45, 2.75) is 39.2 Å². The second kappa shape index (κ2) is 6.65. The summed E-state index contributed by atoms with van der Waals surface area (Å²) >= 11 is 0. The molecule has 1 fully saturated rings. The van der Waals surface area contributed by atoms with Crippen molar-refractivity contribution in [3.8, 4) is 0 Å². The minimum absolute atomic E-state index is 0.0721. The van der Waals surface area contributed by atoms with Crippen LogP contribution in [-0.4, -0.2) is 46.8 Å². The summed E-state index contributed by atoms with van der Waals surface area (Å²) in [6.45, 7) is 5.95. The Balaban J connectivity index is 1.84. The van der Waals surface area contributed by atoms with Gasteiger partial charge in [-0.1, -0.05) is 0 Å². The molecule has 1 aromatic rings. The van der Waals surface area contributed by atoms with Gasteiger partial charge in [-0.25, -0.2) is 4.98 Å². The molecular weight excluding hydrogens is 258 g/mol. The summed E-state index contributed by atoms with van der Waals surface area (Å²) in [5, 5.41) is 8.59. The average molecular weight is 279 g/mol. The number of nitrogens with zero attached hydrogens (tertiary/aromatic N) is 3. The Kier molecular flexibility index (Phi) is 4.89. The molecule has 0 unspecified atom stereocenters. The molecule has 2 rings (SSSR count). The number of rotatable bonds is 5. The number of hydrogen-bond donors (Lipinski definition) is 1. The molecular formula is C14H21N3O3. The van der Waals surface area contributed by atoms with Crippen molar-refractivity contribution in [3.05, 3.63) is 17.6 Å². The molecule has 0 aromatic carbocycles. The molecule has 6 nitrogen and oxygen atoms in total. The van der Waals surface area contributed by atoms with Gasteiger partial charge in [0.2, 0.25) is 0 Å². The summed E-state index contributed by atoms with van der Waals surface area (Å²) in [5.41, 5.74) is 1.87. The van der Waals surface area contributed by atoms with Crippen LogP contribution in [0.3, 0.4) is 0 Å². The molecule has 6 heteroatoms. The van der Waals surface area contributed by atoms with Crippen molar-refractivity contribution < 1.29 is 14.6 Å². The summed E-state index contributed by atoms with van der Waals surface area (Å²) in [5.74, 6) is 0.141. The van der Waals surface area contributed by atoms with Gasteiger partial charge in [0, 0.05) is 19.3 Å². The van der Waals surface area contributed by atoms with Crippen molar-refractivity contribution >= 4 is 11.8 Å². The zero-order chi connectivity index (χ0) is 14.5. The molecule has 0 atom stereocenters. The van der Waals surface area contributed by atoms with E-state index in [2.05, 4.69) is 14.9 Å². The molecule has 1 aromatic heterocycles. The van der Waals surface area contributed by atoms with E-state index >= 15 is 0 Å². The normalized spacial score (nSPS) is 16.4. The monoisotopic (exact) mass is 279 g/mol. The molecule has 2 heterocycles. The molecule has 1 N–H and O–H groups in total. The quantitative estimate of drug-likeness (QED) is 0.881. The summed E-state index contributed by atoms with van der Waals surface area (Å²) in [6.07, 6.45) is 3.80. The number of carbonyl (C=O) groups is 1. The average Bonchev–Trinajstić information content (AvgIpc) is 2.42. The van der Waals surface area contributed by atoms with Gasteiger partial charge >= 0.3 is 5.97 Å². The van der Waals surface area contributed by atoms with Crippen molar-refractivity contribution in [2.75, 3.05) is 24.6 Å². The lowest BCUT2D eigenvalue weighted by Gasteiger charge is -2.33. The van der Waals surface area contributed by atoms with E-state index in [1.54, 1.807) is 6.20 Å². The van der Waals surface area contributed by atoms with Gasteiger partial charge in [0.1, 0.15) is 5.82 Å². The first-order valence-corrected chi connectivity index (χ1v) is 6.95. The fraction of sp³-hybridized carbons (Fsp3) is 0.643. The number of carboxylic acid groups (broad SMARTS) is 1. The van der Waals surface area contributed by atoms with Crippen molar-refractivity contribution in [2.24, 2.45) is 0 Å². The van der Waals surface area contributed by atoms with E-state index in [4.69, 9.17) is 9.84 Å². The molecule has 20 heavy (non-hydrogen) atoms. The first kappa shape index (κ1) is 14.7. The van der Waals surface area contributed by atoms with E-state index in [0.29, 0.717) is 6.61 Å². The van der Waals surface area contributed by atoms with Gasteiger partial charge in [0.05, 0.1) is 30.5 Å². The van der Waals surface area contributed by atoms with Crippen molar-refractivity contribution in [1.29, 1.82) is 0 Å². The van der Waals surface area contributed by atoms with Crippen LogP contribution in [0, 0.1) is 13.8 Å². The Morgan fingerprint density at radius 2 is 2.15 bits per heavy atom. The highest BCUT2D eigenvalue weighted by atomic mass is 16.5. The third kappa shape index (κ3) is 3.90. The number of aryl methyl sites for hydroxylation is 2. The molecule has 0 bridgehead atoms. The SMILES string of the molecule is Cc1cnc(C)c(N2CCC(OCCC(=O)O)CC2)n1. The maximum Gasteiger partial charge on any atom is 0.305 e. The van der Waals surface area contributed by atoms with Crippen LogP contribution in [0.2, 0.25) is 0 Å². The van der Waals surface area contributed by atoms with E-state index in [0.717, 1.165) is 43.1 Å². The molecule has 0 radical (unpaired) electrons. The van der Waals surface area contributed by atoms with E-state index in [1.165, 1.54) is 0 Å². The van der Waals surface area contributed by atoms with Crippen LogP contribution in [0.25, 0.3) is 0 Å². The van der Waals surface area contributed by atoms with Gasteiger partial charge < -0.3 is 14.7 Å². The minimum Gasteiger partial charge on any atom is -0.481 e. The van der Waals surface area contributed by atoms with Crippen molar-refractivity contribution in [1.82, 2.24) is 9.97 Å². The fourth-order valence-electron chi connectivity index (χ4n) is 2.37. The Morgan fingerprint density at radius 1 is 1.45 bits per heavy atom. The largest absolute Gasteiger partial charge is 0.481 e. The molecule has 0 spiro atoms. The highest BCUT2D eigenvalue weighted by Gasteiger charge is 2.22. The van der Waals surface area contributed by atoms with Crippen LogP contribution in [0.5, 0.6) is 0 Å². The number of ether oxygens (including phenoxy) is 1. The zero-order valence-corrected chi connectivity index (χ0v) is 12.0. The van der Waals surface area contributed by atoms with Crippen LogP contribution in [-0.2, 0) is 9.53 Å². The lowest BCUT2D eigenvalue weighted by atomic mass is 10.1.